The molecule has 2 fully saturated rings. The second-order valence-electron chi connectivity index (χ2n) is 4.86. The van der Waals surface area contributed by atoms with Gasteiger partial charge in [-0.05, 0) is 12.8 Å². The molecule has 0 spiro atoms. The van der Waals surface area contributed by atoms with E-state index in [1.165, 1.54) is 12.8 Å². The molecule has 2 rings (SSSR count). The van der Waals surface area contributed by atoms with Gasteiger partial charge in [0, 0.05) is 6.42 Å². The van der Waals surface area contributed by atoms with Gasteiger partial charge in [-0.25, -0.2) is 0 Å². The number of nitrogens with zero attached hydrogens (tertiary/aromatic N) is 1. The highest BCUT2D eigenvalue weighted by molar-refractivity contribution is 5.87. The van der Waals surface area contributed by atoms with Gasteiger partial charge in [0.1, 0.15) is 6.04 Å². The number of likely N-dealkylation sites (tertiary alicyclic amines) is 1. The van der Waals surface area contributed by atoms with Gasteiger partial charge in [0.15, 0.2) is 5.78 Å². The summed E-state index contributed by atoms with van der Waals surface area (Å²) in [6, 6.07) is 0.331. The minimum absolute atomic E-state index is 0.331. The maximum Gasteiger partial charge on any atom is 0.198 e. The van der Waals surface area contributed by atoms with Gasteiger partial charge < -0.3 is 4.48 Å². The summed E-state index contributed by atoms with van der Waals surface area (Å²) in [5.74, 6) is 0.949. The minimum atomic E-state index is 0.331. The number of ketones is 1. The molecule has 0 amide bonds. The van der Waals surface area contributed by atoms with E-state index in [-0.39, 0.29) is 0 Å². The number of likely N-dealkylation sites (N-methyl/N-ethyl adjacent to an activating group) is 1. The monoisotopic (exact) mass is 168 g/mol. The summed E-state index contributed by atoms with van der Waals surface area (Å²) >= 11 is 0. The van der Waals surface area contributed by atoms with Crippen molar-refractivity contribution in [2.45, 2.75) is 31.7 Å². The van der Waals surface area contributed by atoms with Gasteiger partial charge in [-0.2, -0.15) is 0 Å². The molecule has 1 aliphatic heterocycles. The number of rotatable bonds is 0. The Morgan fingerprint density at radius 1 is 1.25 bits per heavy atom. The van der Waals surface area contributed by atoms with Crippen LogP contribution >= 0.6 is 0 Å². The van der Waals surface area contributed by atoms with E-state index in [1.54, 1.807) is 0 Å². The first-order chi connectivity index (χ1) is 5.61. The topological polar surface area (TPSA) is 17.1 Å². The molecule has 1 heterocycles. The van der Waals surface area contributed by atoms with Crippen molar-refractivity contribution in [1.82, 2.24) is 0 Å². The predicted molar refractivity (Wildman–Crippen MR) is 47.7 cm³/mol. The fourth-order valence-electron chi connectivity index (χ4n) is 2.86. The van der Waals surface area contributed by atoms with Crippen LogP contribution in [-0.4, -0.2) is 36.9 Å². The van der Waals surface area contributed by atoms with Gasteiger partial charge in [0.2, 0.25) is 0 Å². The molecule has 12 heavy (non-hydrogen) atoms. The lowest BCUT2D eigenvalue weighted by molar-refractivity contribution is -0.899. The van der Waals surface area contributed by atoms with Crippen molar-refractivity contribution in [2.75, 3.05) is 20.6 Å². The normalized spacial score (nSPS) is 39.7. The van der Waals surface area contributed by atoms with Crippen LogP contribution in [-0.2, 0) is 4.79 Å². The van der Waals surface area contributed by atoms with Gasteiger partial charge in [-0.3, -0.25) is 4.79 Å². The Bertz CT molecular complexity index is 210. The summed E-state index contributed by atoms with van der Waals surface area (Å²) < 4.78 is 0.948. The minimum Gasteiger partial charge on any atom is -0.319 e. The smallest absolute Gasteiger partial charge is 0.198 e. The third-order valence-electron chi connectivity index (χ3n) is 3.55. The van der Waals surface area contributed by atoms with Gasteiger partial charge in [-0.15, -0.1) is 0 Å². The van der Waals surface area contributed by atoms with Crippen LogP contribution in [0, 0.1) is 5.92 Å². The SMILES string of the molecule is C[N+]1(C)C[C@H]2CCCC[C@@H]1C2=O. The molecule has 2 heteroatoms. The fraction of sp³-hybridized carbons (Fsp3) is 0.900. The Kier molecular flexibility index (Phi) is 1.76. The number of fused-ring (bicyclic) bond motifs is 2. The van der Waals surface area contributed by atoms with E-state index in [2.05, 4.69) is 14.1 Å². The summed E-state index contributed by atoms with van der Waals surface area (Å²) in [6.07, 6.45) is 4.81. The molecule has 0 aromatic heterocycles. The van der Waals surface area contributed by atoms with Crippen LogP contribution in [0.25, 0.3) is 0 Å². The number of hydrogen-bond donors (Lipinski definition) is 0. The van der Waals surface area contributed by atoms with Crippen molar-refractivity contribution in [3.8, 4) is 0 Å². The molecule has 0 N–H and O–H groups in total. The highest BCUT2D eigenvalue weighted by Gasteiger charge is 2.48. The maximum atomic E-state index is 11.8. The number of hydrogen-bond acceptors (Lipinski definition) is 1. The Morgan fingerprint density at radius 2 is 1.92 bits per heavy atom. The van der Waals surface area contributed by atoms with Crippen LogP contribution in [0.4, 0.5) is 0 Å². The molecule has 0 aromatic carbocycles. The van der Waals surface area contributed by atoms with Crippen LogP contribution in [0.3, 0.4) is 0 Å². The zero-order chi connectivity index (χ0) is 8.77. The highest BCUT2D eigenvalue weighted by atomic mass is 16.1. The fourth-order valence-corrected chi connectivity index (χ4v) is 2.86. The first-order valence-corrected chi connectivity index (χ1v) is 4.98. The molecule has 1 aliphatic carbocycles. The van der Waals surface area contributed by atoms with Gasteiger partial charge in [-0.1, -0.05) is 6.42 Å². The van der Waals surface area contributed by atoms with Crippen molar-refractivity contribution >= 4 is 5.78 Å². The molecule has 2 aliphatic rings. The van der Waals surface area contributed by atoms with Crippen molar-refractivity contribution in [3.05, 3.63) is 0 Å². The standard InChI is InChI=1S/C10H18NO/c1-11(2)7-8-5-3-4-6-9(11)10(8)12/h8-9H,3-7H2,1-2H3/q+1/t8-,9-/m1/s1. The summed E-state index contributed by atoms with van der Waals surface area (Å²) in [5, 5.41) is 0. The lowest BCUT2D eigenvalue weighted by Crippen LogP contribution is -2.46. The molecule has 68 valence electrons. The Hall–Kier alpha value is -0.370. The predicted octanol–water partition coefficient (Wildman–Crippen LogP) is 1.20. The summed E-state index contributed by atoms with van der Waals surface area (Å²) in [7, 11) is 4.40. The van der Waals surface area contributed by atoms with E-state index in [0.717, 1.165) is 23.9 Å². The average Bonchev–Trinajstić information content (AvgIpc) is 2.17. The second-order valence-corrected chi connectivity index (χ2v) is 4.86. The van der Waals surface area contributed by atoms with Crippen molar-refractivity contribution in [1.29, 1.82) is 0 Å². The number of carbonyl (C=O) groups excluding carboxylic acids is 1. The molecule has 0 radical (unpaired) electrons. The van der Waals surface area contributed by atoms with E-state index >= 15 is 0 Å². The van der Waals surface area contributed by atoms with Crippen LogP contribution in [0.2, 0.25) is 0 Å². The summed E-state index contributed by atoms with van der Waals surface area (Å²) in [4.78, 5) is 11.8. The highest BCUT2D eigenvalue weighted by Crippen LogP contribution is 2.34. The molecule has 2 bridgehead atoms. The number of quaternary nitrogens is 1. The molecule has 2 atom stereocenters. The van der Waals surface area contributed by atoms with E-state index < -0.39 is 0 Å². The average molecular weight is 168 g/mol. The summed E-state index contributed by atoms with van der Waals surface area (Å²) in [5.41, 5.74) is 0. The largest absolute Gasteiger partial charge is 0.319 e. The lowest BCUT2D eigenvalue weighted by atomic mass is 10.0. The van der Waals surface area contributed by atoms with Crippen molar-refractivity contribution < 1.29 is 9.28 Å². The Balaban J connectivity index is 2.26. The van der Waals surface area contributed by atoms with Gasteiger partial charge in [0.05, 0.1) is 26.6 Å². The molecule has 0 aromatic rings. The first kappa shape index (κ1) is 8.24. The summed E-state index contributed by atoms with van der Waals surface area (Å²) in [6.45, 7) is 1.09. The van der Waals surface area contributed by atoms with E-state index in [1.807, 2.05) is 0 Å². The van der Waals surface area contributed by atoms with Crippen LogP contribution < -0.4 is 0 Å². The van der Waals surface area contributed by atoms with Gasteiger partial charge >= 0.3 is 0 Å². The zero-order valence-corrected chi connectivity index (χ0v) is 8.05. The van der Waals surface area contributed by atoms with Gasteiger partial charge in [0.25, 0.3) is 0 Å². The quantitative estimate of drug-likeness (QED) is 0.497. The van der Waals surface area contributed by atoms with Crippen LogP contribution in [0.15, 0.2) is 0 Å². The lowest BCUT2D eigenvalue weighted by Gasteiger charge is -2.31. The van der Waals surface area contributed by atoms with E-state index in [9.17, 15) is 4.79 Å². The third kappa shape index (κ3) is 1.09. The molecule has 2 nitrogen and oxygen atoms in total. The number of Topliss-reactive ketones (excluding diaryl/α,β-unsaturated/α-hetero) is 1. The maximum absolute atomic E-state index is 11.8. The van der Waals surface area contributed by atoms with Crippen molar-refractivity contribution in [2.24, 2.45) is 5.92 Å². The molecular weight excluding hydrogens is 150 g/mol. The van der Waals surface area contributed by atoms with Crippen LogP contribution in [0.5, 0.6) is 0 Å². The van der Waals surface area contributed by atoms with E-state index in [0.29, 0.717) is 17.7 Å². The number of carbonyl (C=O) groups is 1. The van der Waals surface area contributed by atoms with Crippen molar-refractivity contribution in [3.63, 3.8) is 0 Å². The van der Waals surface area contributed by atoms with E-state index in [4.69, 9.17) is 0 Å². The van der Waals surface area contributed by atoms with Crippen LogP contribution in [0.1, 0.15) is 25.7 Å². The Labute approximate surface area is 74.1 Å². The first-order valence-electron chi connectivity index (χ1n) is 4.98. The molecule has 0 unspecified atom stereocenters. The third-order valence-corrected chi connectivity index (χ3v) is 3.55. The molecule has 1 saturated carbocycles. The second kappa shape index (κ2) is 2.56. The molecular formula is C10H18NO+. The molecule has 1 saturated heterocycles. The zero-order valence-electron chi connectivity index (χ0n) is 8.05. The Morgan fingerprint density at radius 3 is 2.67 bits per heavy atom.